The van der Waals surface area contributed by atoms with Crippen LogP contribution >= 0.6 is 0 Å². The lowest BCUT2D eigenvalue weighted by Crippen LogP contribution is -2.29. The second-order valence-corrected chi connectivity index (χ2v) is 7.41. The number of hydrogen-bond acceptors (Lipinski definition) is 4. The van der Waals surface area contributed by atoms with Crippen molar-refractivity contribution in [3.63, 3.8) is 0 Å². The van der Waals surface area contributed by atoms with E-state index in [0.29, 0.717) is 24.9 Å². The van der Waals surface area contributed by atoms with E-state index in [4.69, 9.17) is 0 Å². The molecule has 21 heavy (non-hydrogen) atoms. The second-order valence-electron chi connectivity index (χ2n) is 5.50. The monoisotopic (exact) mass is 320 g/mol. The zero-order valence-corrected chi connectivity index (χ0v) is 11.9. The Morgan fingerprint density at radius 1 is 1.10 bits per heavy atom. The molecule has 3 rings (SSSR count). The highest BCUT2D eigenvalue weighted by molar-refractivity contribution is 7.92. The standard InChI is InChI=1S/C13H15F3N2O2S/c14-13(15,16)21(19,20)12-4-2-1-3-11(12)18-7-9-5-17-6-10(9)8-18/h1-4,9-10,17H,5-8H2. The van der Waals surface area contributed by atoms with Crippen LogP contribution in [0.4, 0.5) is 18.9 Å². The lowest BCUT2D eigenvalue weighted by molar-refractivity contribution is -0.0435. The van der Waals surface area contributed by atoms with Crippen molar-refractivity contribution in [1.29, 1.82) is 0 Å². The quantitative estimate of drug-likeness (QED) is 0.900. The fourth-order valence-electron chi connectivity index (χ4n) is 3.12. The molecular formula is C13H15F3N2O2S. The van der Waals surface area contributed by atoms with Crippen LogP contribution in [0.3, 0.4) is 0 Å². The van der Waals surface area contributed by atoms with Crippen molar-refractivity contribution in [2.75, 3.05) is 31.1 Å². The predicted octanol–water partition coefficient (Wildman–Crippen LogP) is 1.64. The van der Waals surface area contributed by atoms with E-state index in [0.717, 1.165) is 19.2 Å². The lowest BCUT2D eigenvalue weighted by Gasteiger charge is -2.23. The Labute approximate surface area is 120 Å². The van der Waals surface area contributed by atoms with Gasteiger partial charge in [-0.1, -0.05) is 12.1 Å². The molecule has 4 nitrogen and oxygen atoms in total. The molecule has 2 heterocycles. The summed E-state index contributed by atoms with van der Waals surface area (Å²) in [7, 11) is -5.33. The predicted molar refractivity (Wildman–Crippen MR) is 71.7 cm³/mol. The van der Waals surface area contributed by atoms with E-state index in [2.05, 4.69) is 5.32 Å². The molecule has 2 atom stereocenters. The van der Waals surface area contributed by atoms with Gasteiger partial charge in [-0.3, -0.25) is 0 Å². The highest BCUT2D eigenvalue weighted by Gasteiger charge is 2.49. The highest BCUT2D eigenvalue weighted by Crippen LogP contribution is 2.38. The van der Waals surface area contributed by atoms with Crippen molar-refractivity contribution in [3.8, 4) is 0 Å². The van der Waals surface area contributed by atoms with Crippen molar-refractivity contribution in [2.24, 2.45) is 11.8 Å². The number of alkyl halides is 3. The molecule has 2 fully saturated rings. The highest BCUT2D eigenvalue weighted by atomic mass is 32.2. The van der Waals surface area contributed by atoms with Gasteiger partial charge in [0.2, 0.25) is 0 Å². The third-order valence-electron chi connectivity index (χ3n) is 4.19. The van der Waals surface area contributed by atoms with E-state index in [1.165, 1.54) is 12.1 Å². The number of benzene rings is 1. The number of halogens is 3. The SMILES string of the molecule is O=S(=O)(c1ccccc1N1CC2CNCC2C1)C(F)(F)F. The van der Waals surface area contributed by atoms with Gasteiger partial charge in [0, 0.05) is 26.2 Å². The van der Waals surface area contributed by atoms with Crippen LogP contribution < -0.4 is 10.2 Å². The first-order valence-corrected chi connectivity index (χ1v) is 8.15. The molecule has 116 valence electrons. The number of sulfone groups is 1. The second kappa shape index (κ2) is 4.88. The molecule has 8 heteroatoms. The van der Waals surface area contributed by atoms with E-state index in [9.17, 15) is 21.6 Å². The van der Waals surface area contributed by atoms with Crippen LogP contribution in [0, 0.1) is 11.8 Å². The molecule has 1 aromatic rings. The zero-order valence-electron chi connectivity index (χ0n) is 11.1. The number of para-hydroxylation sites is 1. The van der Waals surface area contributed by atoms with Crippen molar-refractivity contribution in [1.82, 2.24) is 5.32 Å². The van der Waals surface area contributed by atoms with Gasteiger partial charge in [-0.25, -0.2) is 8.42 Å². The van der Waals surface area contributed by atoms with Gasteiger partial charge in [-0.05, 0) is 24.0 Å². The normalized spacial score (nSPS) is 26.1. The Hall–Kier alpha value is -1.28. The summed E-state index contributed by atoms with van der Waals surface area (Å²) in [6.07, 6.45) is 0. The molecule has 2 unspecified atom stereocenters. The number of hydrogen-bond donors (Lipinski definition) is 1. The van der Waals surface area contributed by atoms with Gasteiger partial charge < -0.3 is 10.2 Å². The number of fused-ring (bicyclic) bond motifs is 1. The van der Waals surface area contributed by atoms with Crippen LogP contribution in [0.2, 0.25) is 0 Å². The molecule has 1 aromatic carbocycles. The molecule has 2 aliphatic heterocycles. The Bertz CT molecular complexity index is 633. The summed E-state index contributed by atoms with van der Waals surface area (Å²) in [5, 5.41) is 3.24. The first kappa shape index (κ1) is 14.6. The van der Waals surface area contributed by atoms with E-state index in [1.54, 1.807) is 11.0 Å². The van der Waals surface area contributed by atoms with E-state index in [-0.39, 0.29) is 5.69 Å². The molecule has 0 bridgehead atoms. The molecule has 0 amide bonds. The van der Waals surface area contributed by atoms with Crippen LogP contribution in [0.1, 0.15) is 0 Å². The Morgan fingerprint density at radius 3 is 2.24 bits per heavy atom. The molecular weight excluding hydrogens is 305 g/mol. The smallest absolute Gasteiger partial charge is 0.370 e. The van der Waals surface area contributed by atoms with Crippen molar-refractivity contribution in [2.45, 2.75) is 10.4 Å². The summed E-state index contributed by atoms with van der Waals surface area (Å²) in [5.41, 5.74) is -5.12. The third-order valence-corrected chi connectivity index (χ3v) is 5.72. The van der Waals surface area contributed by atoms with Gasteiger partial charge in [0.25, 0.3) is 9.84 Å². The summed E-state index contributed by atoms with van der Waals surface area (Å²) in [6, 6.07) is 5.37. The topological polar surface area (TPSA) is 49.4 Å². The van der Waals surface area contributed by atoms with E-state index >= 15 is 0 Å². The third kappa shape index (κ3) is 2.40. The molecule has 0 aliphatic carbocycles. The Kier molecular flexibility index (Phi) is 3.40. The maximum atomic E-state index is 12.8. The summed E-state index contributed by atoms with van der Waals surface area (Å²) in [6.45, 7) is 2.83. The summed E-state index contributed by atoms with van der Waals surface area (Å²) in [5.74, 6) is 0.735. The fraction of sp³-hybridized carbons (Fsp3) is 0.538. The molecule has 2 saturated heterocycles. The van der Waals surface area contributed by atoms with Crippen LogP contribution in [-0.4, -0.2) is 40.1 Å². The lowest BCUT2D eigenvalue weighted by atomic mass is 10.0. The minimum absolute atomic E-state index is 0.157. The van der Waals surface area contributed by atoms with Crippen molar-refractivity contribution < 1.29 is 21.6 Å². The number of nitrogens with one attached hydrogen (secondary N) is 1. The average Bonchev–Trinajstić information content (AvgIpc) is 2.98. The molecule has 0 spiro atoms. The van der Waals surface area contributed by atoms with Gasteiger partial charge in [-0.15, -0.1) is 0 Å². The first-order valence-electron chi connectivity index (χ1n) is 6.67. The maximum absolute atomic E-state index is 12.8. The van der Waals surface area contributed by atoms with Crippen molar-refractivity contribution in [3.05, 3.63) is 24.3 Å². The van der Waals surface area contributed by atoms with Gasteiger partial charge in [0.1, 0.15) is 0 Å². The van der Waals surface area contributed by atoms with Crippen molar-refractivity contribution >= 4 is 15.5 Å². The number of anilines is 1. The minimum Gasteiger partial charge on any atom is -0.370 e. The fourth-order valence-corrected chi connectivity index (χ4v) is 4.10. The maximum Gasteiger partial charge on any atom is 0.501 e. The molecule has 2 aliphatic rings. The number of rotatable bonds is 2. The minimum atomic E-state index is -5.33. The average molecular weight is 320 g/mol. The molecule has 0 saturated carbocycles. The summed E-state index contributed by atoms with van der Waals surface area (Å²) in [4.78, 5) is 1.11. The van der Waals surface area contributed by atoms with Gasteiger partial charge in [0.05, 0.1) is 10.6 Å². The van der Waals surface area contributed by atoms with Crippen LogP contribution in [-0.2, 0) is 9.84 Å². The number of nitrogens with zero attached hydrogens (tertiary/aromatic N) is 1. The van der Waals surface area contributed by atoms with Gasteiger partial charge >= 0.3 is 5.51 Å². The van der Waals surface area contributed by atoms with Gasteiger partial charge in [0.15, 0.2) is 0 Å². The zero-order chi connectivity index (χ0) is 15.3. The largest absolute Gasteiger partial charge is 0.501 e. The van der Waals surface area contributed by atoms with E-state index < -0.39 is 20.2 Å². The van der Waals surface area contributed by atoms with Crippen LogP contribution in [0.15, 0.2) is 29.2 Å². The summed E-state index contributed by atoms with van der Waals surface area (Å²) >= 11 is 0. The van der Waals surface area contributed by atoms with E-state index in [1.807, 2.05) is 0 Å². The Balaban J connectivity index is 1.98. The summed E-state index contributed by atoms with van der Waals surface area (Å²) < 4.78 is 61.8. The molecule has 0 radical (unpaired) electrons. The first-order chi connectivity index (χ1) is 9.80. The van der Waals surface area contributed by atoms with Crippen LogP contribution in [0.25, 0.3) is 0 Å². The Morgan fingerprint density at radius 2 is 1.67 bits per heavy atom. The molecule has 1 N–H and O–H groups in total. The van der Waals surface area contributed by atoms with Crippen LogP contribution in [0.5, 0.6) is 0 Å². The molecule has 0 aromatic heterocycles. The van der Waals surface area contributed by atoms with Gasteiger partial charge in [-0.2, -0.15) is 13.2 Å².